The molecule has 0 aliphatic carbocycles. The van der Waals surface area contributed by atoms with Gasteiger partial charge in [0.05, 0.1) is 11.1 Å². The minimum absolute atomic E-state index is 0.0667. The van der Waals surface area contributed by atoms with Crippen molar-refractivity contribution in [2.24, 2.45) is 0 Å². The van der Waals surface area contributed by atoms with E-state index < -0.39 is 0 Å². The molecule has 1 aromatic heterocycles. The highest BCUT2D eigenvalue weighted by molar-refractivity contribution is 6.05. The Morgan fingerprint density at radius 3 is 2.48 bits per heavy atom. The number of nitrogens with zero attached hydrogens (tertiary/aromatic N) is 1. The van der Waals surface area contributed by atoms with E-state index in [4.69, 9.17) is 0 Å². The van der Waals surface area contributed by atoms with Gasteiger partial charge in [-0.05, 0) is 49.6 Å². The molecule has 0 bridgehead atoms. The van der Waals surface area contributed by atoms with Crippen molar-refractivity contribution in [3.05, 3.63) is 76.5 Å². The minimum Gasteiger partial charge on any atom is -0.348 e. The predicted molar refractivity (Wildman–Crippen MR) is 93.6 cm³/mol. The third-order valence-electron chi connectivity index (χ3n) is 4.16. The van der Waals surface area contributed by atoms with E-state index in [9.17, 15) is 4.79 Å². The summed E-state index contributed by atoms with van der Waals surface area (Å²) in [7, 11) is 0. The van der Waals surface area contributed by atoms with Gasteiger partial charge >= 0.3 is 0 Å². The molecular weight excluding hydrogens is 284 g/mol. The van der Waals surface area contributed by atoms with Crippen LogP contribution >= 0.6 is 0 Å². The second kappa shape index (κ2) is 6.21. The summed E-state index contributed by atoms with van der Waals surface area (Å²) in [5.74, 6) is -0.0667. The number of carbonyl (C=O) groups is 1. The van der Waals surface area contributed by atoms with Crippen LogP contribution in [0.5, 0.6) is 0 Å². The first-order valence-corrected chi connectivity index (χ1v) is 7.75. The van der Waals surface area contributed by atoms with Gasteiger partial charge in [-0.2, -0.15) is 0 Å². The Labute approximate surface area is 136 Å². The van der Waals surface area contributed by atoms with E-state index in [0.717, 1.165) is 10.9 Å². The Balaban J connectivity index is 1.85. The van der Waals surface area contributed by atoms with Gasteiger partial charge in [-0.15, -0.1) is 0 Å². The molecule has 0 radical (unpaired) electrons. The van der Waals surface area contributed by atoms with Crippen molar-refractivity contribution < 1.29 is 4.79 Å². The summed E-state index contributed by atoms with van der Waals surface area (Å²) in [6.45, 7) is 6.80. The number of para-hydroxylation sites is 1. The van der Waals surface area contributed by atoms with E-state index in [1.807, 2.05) is 24.3 Å². The van der Waals surface area contributed by atoms with Crippen LogP contribution in [0.1, 0.15) is 32.6 Å². The smallest absolute Gasteiger partial charge is 0.252 e. The summed E-state index contributed by atoms with van der Waals surface area (Å²) in [5, 5.41) is 3.92. The number of aryl methyl sites for hydroxylation is 3. The molecule has 3 aromatic rings. The monoisotopic (exact) mass is 304 g/mol. The van der Waals surface area contributed by atoms with Gasteiger partial charge in [-0.1, -0.05) is 35.9 Å². The topological polar surface area (TPSA) is 42.0 Å². The lowest BCUT2D eigenvalue weighted by molar-refractivity contribution is 0.0952. The molecule has 0 saturated heterocycles. The Morgan fingerprint density at radius 1 is 1.04 bits per heavy atom. The SMILES string of the molecule is Cc1cc(C)c(CNC(=O)c2ccnc3ccccc23)c(C)c1. The molecule has 1 N–H and O–H groups in total. The van der Waals surface area contributed by atoms with E-state index in [-0.39, 0.29) is 5.91 Å². The lowest BCUT2D eigenvalue weighted by Gasteiger charge is -2.13. The molecule has 23 heavy (non-hydrogen) atoms. The molecule has 0 aliphatic heterocycles. The van der Waals surface area contributed by atoms with Gasteiger partial charge in [0.15, 0.2) is 0 Å². The van der Waals surface area contributed by atoms with Crippen molar-refractivity contribution >= 4 is 16.8 Å². The van der Waals surface area contributed by atoms with E-state index in [2.05, 4.69) is 43.2 Å². The maximum Gasteiger partial charge on any atom is 0.252 e. The van der Waals surface area contributed by atoms with Crippen LogP contribution in [0.15, 0.2) is 48.7 Å². The normalized spacial score (nSPS) is 10.7. The van der Waals surface area contributed by atoms with Crippen LogP contribution in [0.2, 0.25) is 0 Å². The molecule has 0 spiro atoms. The standard InChI is InChI=1S/C20H20N2O/c1-13-10-14(2)18(15(3)11-13)12-22-20(23)17-8-9-21-19-7-5-4-6-16(17)19/h4-11H,12H2,1-3H3,(H,22,23). The quantitative estimate of drug-likeness (QED) is 0.792. The van der Waals surface area contributed by atoms with Crippen LogP contribution in [-0.2, 0) is 6.54 Å². The molecule has 116 valence electrons. The van der Waals surface area contributed by atoms with Gasteiger partial charge in [0.2, 0.25) is 0 Å². The Hall–Kier alpha value is -2.68. The number of benzene rings is 2. The fourth-order valence-corrected chi connectivity index (χ4v) is 3.05. The summed E-state index contributed by atoms with van der Waals surface area (Å²) in [4.78, 5) is 16.9. The molecule has 0 aliphatic rings. The third-order valence-corrected chi connectivity index (χ3v) is 4.16. The van der Waals surface area contributed by atoms with Gasteiger partial charge in [0, 0.05) is 18.1 Å². The predicted octanol–water partition coefficient (Wildman–Crippen LogP) is 4.09. The fraction of sp³-hybridized carbons (Fsp3) is 0.200. The average Bonchev–Trinajstić information content (AvgIpc) is 2.53. The highest BCUT2D eigenvalue weighted by atomic mass is 16.1. The lowest BCUT2D eigenvalue weighted by atomic mass is 9.99. The molecular formula is C20H20N2O. The van der Waals surface area contributed by atoms with Crippen molar-refractivity contribution in [3.63, 3.8) is 0 Å². The number of carbonyl (C=O) groups excluding carboxylic acids is 1. The number of fused-ring (bicyclic) bond motifs is 1. The number of aromatic nitrogens is 1. The van der Waals surface area contributed by atoms with E-state index in [1.54, 1.807) is 12.3 Å². The van der Waals surface area contributed by atoms with Gasteiger partial charge in [-0.3, -0.25) is 9.78 Å². The van der Waals surface area contributed by atoms with Gasteiger partial charge < -0.3 is 5.32 Å². The molecule has 1 heterocycles. The zero-order chi connectivity index (χ0) is 16.4. The Kier molecular flexibility index (Phi) is 4.11. The molecule has 2 aromatic carbocycles. The molecule has 0 atom stereocenters. The first-order chi connectivity index (χ1) is 11.1. The molecule has 1 amide bonds. The molecule has 0 saturated carbocycles. The van der Waals surface area contributed by atoms with Crippen molar-refractivity contribution in [2.45, 2.75) is 27.3 Å². The number of nitrogens with one attached hydrogen (secondary N) is 1. The number of hydrogen-bond donors (Lipinski definition) is 1. The highest BCUT2D eigenvalue weighted by Crippen LogP contribution is 2.18. The number of rotatable bonds is 3. The van der Waals surface area contributed by atoms with Crippen LogP contribution in [0, 0.1) is 20.8 Å². The lowest BCUT2D eigenvalue weighted by Crippen LogP contribution is -2.24. The van der Waals surface area contributed by atoms with Gasteiger partial charge in [0.1, 0.15) is 0 Å². The molecule has 3 nitrogen and oxygen atoms in total. The first kappa shape index (κ1) is 15.2. The van der Waals surface area contributed by atoms with E-state index in [1.165, 1.54) is 22.3 Å². The van der Waals surface area contributed by atoms with Crippen LogP contribution in [0.4, 0.5) is 0 Å². The summed E-state index contributed by atoms with van der Waals surface area (Å²) >= 11 is 0. The molecule has 0 fully saturated rings. The van der Waals surface area contributed by atoms with Crippen molar-refractivity contribution in [1.29, 1.82) is 0 Å². The third kappa shape index (κ3) is 3.09. The van der Waals surface area contributed by atoms with Crippen molar-refractivity contribution in [3.8, 4) is 0 Å². The van der Waals surface area contributed by atoms with Crippen LogP contribution in [0.25, 0.3) is 10.9 Å². The first-order valence-electron chi connectivity index (χ1n) is 7.75. The summed E-state index contributed by atoms with van der Waals surface area (Å²) in [6, 6.07) is 13.8. The average molecular weight is 304 g/mol. The molecule has 3 rings (SSSR count). The summed E-state index contributed by atoms with van der Waals surface area (Å²) in [5.41, 5.74) is 6.35. The Bertz CT molecular complexity index is 855. The molecule has 3 heteroatoms. The van der Waals surface area contributed by atoms with E-state index in [0.29, 0.717) is 12.1 Å². The highest BCUT2D eigenvalue weighted by Gasteiger charge is 2.11. The largest absolute Gasteiger partial charge is 0.348 e. The second-order valence-electron chi connectivity index (χ2n) is 5.94. The van der Waals surface area contributed by atoms with Crippen LogP contribution in [0.3, 0.4) is 0 Å². The van der Waals surface area contributed by atoms with Gasteiger partial charge in [-0.25, -0.2) is 0 Å². The van der Waals surface area contributed by atoms with Crippen LogP contribution < -0.4 is 5.32 Å². The maximum atomic E-state index is 12.6. The van der Waals surface area contributed by atoms with Gasteiger partial charge in [0.25, 0.3) is 5.91 Å². The number of pyridine rings is 1. The Morgan fingerprint density at radius 2 is 1.74 bits per heavy atom. The molecule has 0 unspecified atom stereocenters. The second-order valence-corrected chi connectivity index (χ2v) is 5.94. The summed E-state index contributed by atoms with van der Waals surface area (Å²) in [6.07, 6.45) is 1.68. The zero-order valence-electron chi connectivity index (χ0n) is 13.7. The van der Waals surface area contributed by atoms with Crippen molar-refractivity contribution in [1.82, 2.24) is 10.3 Å². The van der Waals surface area contributed by atoms with Crippen LogP contribution in [-0.4, -0.2) is 10.9 Å². The van der Waals surface area contributed by atoms with Crippen molar-refractivity contribution in [2.75, 3.05) is 0 Å². The van der Waals surface area contributed by atoms with E-state index >= 15 is 0 Å². The zero-order valence-corrected chi connectivity index (χ0v) is 13.7. The number of amides is 1. The maximum absolute atomic E-state index is 12.6. The fourth-order valence-electron chi connectivity index (χ4n) is 3.05. The minimum atomic E-state index is -0.0667. The number of hydrogen-bond acceptors (Lipinski definition) is 2. The summed E-state index contributed by atoms with van der Waals surface area (Å²) < 4.78 is 0.